The lowest BCUT2D eigenvalue weighted by molar-refractivity contribution is -0.122. The van der Waals surface area contributed by atoms with Gasteiger partial charge in [-0.15, -0.1) is 0 Å². The summed E-state index contributed by atoms with van der Waals surface area (Å²) in [5, 5.41) is 2.68. The molecule has 2 heterocycles. The highest BCUT2D eigenvalue weighted by Gasteiger charge is 2.26. The molecule has 2 aromatic rings. The molecule has 6 heteroatoms. The number of rotatable bonds is 5. The van der Waals surface area contributed by atoms with E-state index in [-0.39, 0.29) is 11.8 Å². The molecule has 0 saturated carbocycles. The van der Waals surface area contributed by atoms with Crippen molar-refractivity contribution in [3.05, 3.63) is 47.9 Å². The number of amides is 1. The van der Waals surface area contributed by atoms with Crippen molar-refractivity contribution in [1.82, 2.24) is 20.2 Å². The molecule has 1 N–H and O–H groups in total. The van der Waals surface area contributed by atoms with Crippen LogP contribution in [0.2, 0.25) is 0 Å². The maximum atomic E-state index is 11.7. The van der Waals surface area contributed by atoms with Gasteiger partial charge in [-0.3, -0.25) is 14.7 Å². The van der Waals surface area contributed by atoms with Crippen molar-refractivity contribution in [2.75, 3.05) is 26.7 Å². The number of hydrogen-bond donors (Lipinski definition) is 1. The number of benzene rings is 1. The molecule has 0 bridgehead atoms. The highest BCUT2D eigenvalue weighted by atomic mass is 16.5. The second-order valence-electron chi connectivity index (χ2n) is 6.36. The fourth-order valence-electron chi connectivity index (χ4n) is 3.17. The van der Waals surface area contributed by atoms with Gasteiger partial charge in [0.25, 0.3) is 0 Å². The largest absolute Gasteiger partial charge is 0.437 e. The van der Waals surface area contributed by atoms with Gasteiger partial charge in [0.2, 0.25) is 11.8 Å². The normalized spacial score (nSPS) is 17.9. The molecule has 0 spiro atoms. The van der Waals surface area contributed by atoms with Crippen LogP contribution in [0, 0.1) is 6.92 Å². The monoisotopic (exact) mass is 340 g/mol. The van der Waals surface area contributed by atoms with Gasteiger partial charge in [0.05, 0.1) is 6.54 Å². The zero-order valence-corrected chi connectivity index (χ0v) is 14.7. The van der Waals surface area contributed by atoms with E-state index in [1.807, 2.05) is 31.2 Å². The highest BCUT2D eigenvalue weighted by Crippen LogP contribution is 2.33. The summed E-state index contributed by atoms with van der Waals surface area (Å²) in [5.74, 6) is 1.60. The van der Waals surface area contributed by atoms with E-state index in [2.05, 4.69) is 20.2 Å². The van der Waals surface area contributed by atoms with Crippen LogP contribution in [0.3, 0.4) is 0 Å². The molecular formula is C19H24N4O2. The van der Waals surface area contributed by atoms with Crippen LogP contribution in [-0.2, 0) is 4.79 Å². The summed E-state index contributed by atoms with van der Waals surface area (Å²) >= 11 is 0. The van der Waals surface area contributed by atoms with Crippen molar-refractivity contribution < 1.29 is 9.53 Å². The molecule has 1 saturated heterocycles. The standard InChI is InChI=1S/C19H24N4O2/c1-14-6-3-4-8-16(14)25-19-18(21-9-10-22-19)15-7-5-11-23(12-15)13-17(24)20-2/h3-4,6,8-10,15H,5,7,11-13H2,1-2H3,(H,20,24)/t15-/m1/s1. The summed E-state index contributed by atoms with van der Waals surface area (Å²) in [6.45, 7) is 4.15. The van der Waals surface area contributed by atoms with Crippen molar-refractivity contribution >= 4 is 5.91 Å². The third-order valence-electron chi connectivity index (χ3n) is 4.53. The molecule has 0 aliphatic carbocycles. The van der Waals surface area contributed by atoms with Crippen LogP contribution >= 0.6 is 0 Å². The van der Waals surface area contributed by atoms with Gasteiger partial charge in [-0.05, 0) is 37.9 Å². The van der Waals surface area contributed by atoms with Crippen molar-refractivity contribution in [3.8, 4) is 11.6 Å². The maximum absolute atomic E-state index is 11.7. The van der Waals surface area contributed by atoms with Gasteiger partial charge in [0.1, 0.15) is 11.4 Å². The second-order valence-corrected chi connectivity index (χ2v) is 6.36. The van der Waals surface area contributed by atoms with E-state index in [4.69, 9.17) is 4.74 Å². The van der Waals surface area contributed by atoms with E-state index in [9.17, 15) is 4.79 Å². The molecule has 0 radical (unpaired) electrons. The SMILES string of the molecule is CNC(=O)CN1CCC[C@@H](c2nccnc2Oc2ccccc2C)C1. The smallest absolute Gasteiger partial charge is 0.241 e. The Morgan fingerprint density at radius 1 is 1.32 bits per heavy atom. The number of likely N-dealkylation sites (tertiary alicyclic amines) is 1. The number of likely N-dealkylation sites (N-methyl/N-ethyl adjacent to an activating group) is 1. The molecule has 1 aliphatic heterocycles. The molecule has 1 amide bonds. The van der Waals surface area contributed by atoms with E-state index in [0.717, 1.165) is 42.9 Å². The second kappa shape index (κ2) is 8.07. The number of ether oxygens (including phenoxy) is 1. The number of aryl methyl sites for hydroxylation is 1. The summed E-state index contributed by atoms with van der Waals surface area (Å²) in [4.78, 5) is 22.8. The lowest BCUT2D eigenvalue weighted by Gasteiger charge is -2.32. The predicted molar refractivity (Wildman–Crippen MR) is 95.8 cm³/mol. The van der Waals surface area contributed by atoms with Gasteiger partial charge in [-0.25, -0.2) is 4.98 Å². The number of carbonyl (C=O) groups is 1. The summed E-state index contributed by atoms with van der Waals surface area (Å²) in [5.41, 5.74) is 1.93. The van der Waals surface area contributed by atoms with Crippen molar-refractivity contribution in [2.24, 2.45) is 0 Å². The molecule has 1 atom stereocenters. The third-order valence-corrected chi connectivity index (χ3v) is 4.53. The Morgan fingerprint density at radius 3 is 2.92 bits per heavy atom. The molecule has 1 aromatic heterocycles. The van der Waals surface area contributed by atoms with Gasteiger partial charge >= 0.3 is 0 Å². The van der Waals surface area contributed by atoms with E-state index in [0.29, 0.717) is 12.4 Å². The van der Waals surface area contributed by atoms with Crippen LogP contribution in [0.1, 0.15) is 30.0 Å². The first-order chi connectivity index (χ1) is 12.2. The molecule has 132 valence electrons. The van der Waals surface area contributed by atoms with Crippen LogP contribution < -0.4 is 10.1 Å². The number of hydrogen-bond acceptors (Lipinski definition) is 5. The predicted octanol–water partition coefficient (Wildman–Crippen LogP) is 2.50. The molecule has 1 fully saturated rings. The molecule has 0 unspecified atom stereocenters. The zero-order valence-electron chi connectivity index (χ0n) is 14.7. The average molecular weight is 340 g/mol. The first kappa shape index (κ1) is 17.4. The van der Waals surface area contributed by atoms with Crippen LogP contribution in [-0.4, -0.2) is 47.5 Å². The Labute approximate surface area is 148 Å². The van der Waals surface area contributed by atoms with Gasteiger partial charge in [-0.2, -0.15) is 0 Å². The average Bonchev–Trinajstić information content (AvgIpc) is 2.64. The fraction of sp³-hybridized carbons (Fsp3) is 0.421. The first-order valence-corrected chi connectivity index (χ1v) is 8.64. The van der Waals surface area contributed by atoms with E-state index in [1.165, 1.54) is 0 Å². The molecule has 6 nitrogen and oxygen atoms in total. The lowest BCUT2D eigenvalue weighted by Crippen LogP contribution is -2.41. The first-order valence-electron chi connectivity index (χ1n) is 8.64. The quantitative estimate of drug-likeness (QED) is 0.906. The minimum atomic E-state index is 0.0381. The van der Waals surface area contributed by atoms with E-state index in [1.54, 1.807) is 19.4 Å². The Bertz CT molecular complexity index is 735. The number of nitrogens with zero attached hydrogens (tertiary/aromatic N) is 3. The molecule has 1 aromatic carbocycles. The Morgan fingerprint density at radius 2 is 2.12 bits per heavy atom. The van der Waals surface area contributed by atoms with Gasteiger partial charge in [0.15, 0.2) is 0 Å². The summed E-state index contributed by atoms with van der Waals surface area (Å²) in [6.07, 6.45) is 5.41. The van der Waals surface area contributed by atoms with Crippen molar-refractivity contribution in [1.29, 1.82) is 0 Å². The molecule has 25 heavy (non-hydrogen) atoms. The zero-order chi connectivity index (χ0) is 17.6. The van der Waals surface area contributed by atoms with Crippen LogP contribution in [0.4, 0.5) is 0 Å². The Hall–Kier alpha value is -2.47. The summed E-state index contributed by atoms with van der Waals surface area (Å²) in [7, 11) is 1.67. The number of piperidine rings is 1. The minimum absolute atomic E-state index is 0.0381. The van der Waals surface area contributed by atoms with Gasteiger partial charge in [0, 0.05) is 31.9 Å². The number of nitrogens with one attached hydrogen (secondary N) is 1. The van der Waals surface area contributed by atoms with Crippen molar-refractivity contribution in [3.63, 3.8) is 0 Å². The Balaban J connectivity index is 1.78. The molecule has 3 rings (SSSR count). The fourth-order valence-corrected chi connectivity index (χ4v) is 3.17. The topological polar surface area (TPSA) is 67.4 Å². The Kier molecular flexibility index (Phi) is 5.60. The summed E-state index contributed by atoms with van der Waals surface area (Å²) < 4.78 is 6.06. The minimum Gasteiger partial charge on any atom is -0.437 e. The lowest BCUT2D eigenvalue weighted by atomic mass is 9.94. The van der Waals surface area contributed by atoms with Crippen LogP contribution in [0.15, 0.2) is 36.7 Å². The molecular weight excluding hydrogens is 316 g/mol. The van der Waals surface area contributed by atoms with Gasteiger partial charge in [-0.1, -0.05) is 18.2 Å². The highest BCUT2D eigenvalue weighted by molar-refractivity contribution is 5.77. The number of carbonyl (C=O) groups excluding carboxylic acids is 1. The number of para-hydroxylation sites is 1. The molecule has 1 aliphatic rings. The number of aromatic nitrogens is 2. The van der Waals surface area contributed by atoms with E-state index < -0.39 is 0 Å². The maximum Gasteiger partial charge on any atom is 0.241 e. The summed E-state index contributed by atoms with van der Waals surface area (Å²) in [6, 6.07) is 7.88. The van der Waals surface area contributed by atoms with Crippen LogP contribution in [0.5, 0.6) is 11.6 Å². The van der Waals surface area contributed by atoms with Crippen LogP contribution in [0.25, 0.3) is 0 Å². The van der Waals surface area contributed by atoms with Crippen molar-refractivity contribution in [2.45, 2.75) is 25.7 Å². The van der Waals surface area contributed by atoms with Gasteiger partial charge < -0.3 is 10.1 Å². The third kappa shape index (κ3) is 4.33. The van der Waals surface area contributed by atoms with E-state index >= 15 is 0 Å².